The third-order valence-corrected chi connectivity index (χ3v) is 24.8. The Hall–Kier alpha value is -11.4. The third kappa shape index (κ3) is 29.3. The van der Waals surface area contributed by atoms with Crippen LogP contribution in [0.15, 0.2) is 102 Å². The molecule has 706 valence electrons. The normalized spacial score (nSPS) is 12.4. The van der Waals surface area contributed by atoms with E-state index in [1.54, 1.807) is 126 Å². The van der Waals surface area contributed by atoms with Gasteiger partial charge in [-0.3, -0.25) is 62.3 Å². The van der Waals surface area contributed by atoms with Crippen molar-refractivity contribution in [2.24, 2.45) is 47.3 Å². The number of aromatic nitrogens is 11. The van der Waals surface area contributed by atoms with Gasteiger partial charge in [0.1, 0.15) is 50.5 Å². The maximum absolute atomic E-state index is 13.7. The van der Waals surface area contributed by atoms with E-state index in [1.807, 2.05) is 42.8 Å². The summed E-state index contributed by atoms with van der Waals surface area (Å²) in [4.78, 5) is 163. The highest BCUT2D eigenvalue weighted by atomic mass is 35.5. The molecule has 0 radical (unpaired) electrons. The zero-order valence-corrected chi connectivity index (χ0v) is 79.4. The van der Waals surface area contributed by atoms with Gasteiger partial charge in [0, 0.05) is 178 Å². The van der Waals surface area contributed by atoms with Crippen LogP contribution in [0.5, 0.6) is 0 Å². The van der Waals surface area contributed by atoms with Gasteiger partial charge >= 0.3 is 0 Å². The molecule has 39 heteroatoms. The van der Waals surface area contributed by atoms with E-state index in [0.29, 0.717) is 172 Å². The van der Waals surface area contributed by atoms with Gasteiger partial charge in [0.25, 0.3) is 23.6 Å². The Morgan fingerprint density at radius 1 is 0.477 bits per heavy atom. The molecule has 0 spiro atoms. The quantitative estimate of drug-likeness (QED) is 0.0175. The second kappa shape index (κ2) is 49.9. The highest BCUT2D eigenvalue weighted by molar-refractivity contribution is 7.15. The molecular formula is C93H116Cl2N18O17S2. The van der Waals surface area contributed by atoms with Gasteiger partial charge < -0.3 is 87.3 Å². The van der Waals surface area contributed by atoms with Crippen molar-refractivity contribution in [1.29, 1.82) is 0 Å². The smallest absolute Gasteiger partial charge is 0.287 e. The fraction of sp³-hybridized carbons (Fsp3) is 0.462. The topological polar surface area (TPSA) is 405 Å². The number of halogens is 2. The number of carbonyl (C=O) groups is 11. The number of Topliss-reactive ketones (excluding diaryl/α,β-unsaturated/α-hetero) is 6. The summed E-state index contributed by atoms with van der Waals surface area (Å²) >= 11 is 15.2. The van der Waals surface area contributed by atoms with Gasteiger partial charge in [-0.1, -0.05) is 35.3 Å². The minimum absolute atomic E-state index is 0.00979. The molecule has 0 saturated heterocycles. The van der Waals surface area contributed by atoms with Crippen LogP contribution >= 0.6 is 45.9 Å². The first-order chi connectivity index (χ1) is 63.4. The van der Waals surface area contributed by atoms with E-state index in [-0.39, 0.29) is 134 Å². The van der Waals surface area contributed by atoms with Crippen molar-refractivity contribution in [2.75, 3.05) is 128 Å². The lowest BCUT2D eigenvalue weighted by Gasteiger charge is -2.16. The number of carbonyl (C=O) groups excluding carboxylic acids is 11. The fourth-order valence-corrected chi connectivity index (χ4v) is 17.5. The Kier molecular flexibility index (Phi) is 38.3. The molecule has 1 aliphatic rings. The van der Waals surface area contributed by atoms with Gasteiger partial charge in [-0.2, -0.15) is 0 Å². The summed E-state index contributed by atoms with van der Waals surface area (Å²) in [5.74, 6) is -1.07. The number of imidazole rings is 2. The fourth-order valence-electron chi connectivity index (χ4n) is 15.1. The lowest BCUT2D eigenvalue weighted by Crippen LogP contribution is -2.29. The summed E-state index contributed by atoms with van der Waals surface area (Å²) in [7, 11) is 12.0. The summed E-state index contributed by atoms with van der Waals surface area (Å²) < 4.78 is 45.2. The van der Waals surface area contributed by atoms with Crippen molar-refractivity contribution in [3.8, 4) is 5.00 Å². The van der Waals surface area contributed by atoms with Crippen LogP contribution in [-0.2, 0) is 109 Å². The number of hydrogen-bond donors (Lipinski definition) is 5. The van der Waals surface area contributed by atoms with Crippen LogP contribution in [0.4, 0.5) is 17.2 Å². The number of amides is 5. The SMILES string of the molecule is Cc1sc2c(c1C)C(c1ccc(Cl)cc1)=N[C@@H](CC(=O)CCCOCCOCCOCCOCCOCCOCCC(=O)NCCCN(C)CCCCC(=O)CCCC(=O)c1cc(CC(=O)c3nc(CC(=O)c4cc(CC(=O)CCCNC(=O)c5nc(NC(=O)c6cc(NC(=O)c7cc(NC(=O)c8sccc8Cl)cn7C)cn6C)cn5C)cn4C)cn3C)cn1C)c1nnc(C)n1-2. The predicted octanol–water partition coefficient (Wildman–Crippen LogP) is 11.7. The maximum Gasteiger partial charge on any atom is 0.287 e. The number of unbranched alkanes of at least 4 members (excludes halogenated alkanes) is 1. The molecule has 0 bridgehead atoms. The van der Waals surface area contributed by atoms with E-state index in [2.05, 4.69) is 65.5 Å². The molecule has 5 amide bonds. The molecule has 11 rings (SSSR count). The maximum atomic E-state index is 13.7. The second-order valence-electron chi connectivity index (χ2n) is 32.6. The Morgan fingerprint density at radius 2 is 1.04 bits per heavy atom. The number of benzene rings is 1. The molecule has 35 nitrogen and oxygen atoms in total. The van der Waals surface area contributed by atoms with Gasteiger partial charge in [-0.05, 0) is 144 Å². The van der Waals surface area contributed by atoms with Crippen molar-refractivity contribution < 1.29 is 81.2 Å². The lowest BCUT2D eigenvalue weighted by atomic mass is 9.99. The number of fused-ring (bicyclic) bond motifs is 3. The Bertz CT molecular complexity index is 5740. The number of aliphatic imine (C=N–C) groups is 1. The van der Waals surface area contributed by atoms with Gasteiger partial charge in [0.15, 0.2) is 29.0 Å². The van der Waals surface area contributed by atoms with E-state index >= 15 is 0 Å². The first-order valence-corrected chi connectivity index (χ1v) is 46.5. The molecule has 132 heavy (non-hydrogen) atoms. The van der Waals surface area contributed by atoms with Crippen molar-refractivity contribution in [3.63, 3.8) is 0 Å². The average Bonchev–Trinajstić information content (AvgIpc) is 1.59. The molecule has 1 aromatic carbocycles. The average molecular weight is 1890 g/mol. The van der Waals surface area contributed by atoms with Crippen LogP contribution in [0.25, 0.3) is 5.00 Å². The number of ether oxygens (including phenoxy) is 6. The molecule has 10 aromatic rings. The number of nitrogens with zero attached hydrogens (tertiary/aromatic N) is 13. The van der Waals surface area contributed by atoms with Crippen LogP contribution in [0.1, 0.15) is 212 Å². The second-order valence-corrected chi connectivity index (χ2v) is 35.5. The first kappa shape index (κ1) is 101. The van der Waals surface area contributed by atoms with Crippen molar-refractivity contribution in [3.05, 3.63) is 197 Å². The summed E-state index contributed by atoms with van der Waals surface area (Å²) in [5, 5.41) is 26.5. The van der Waals surface area contributed by atoms with Gasteiger partial charge in [0.2, 0.25) is 17.5 Å². The van der Waals surface area contributed by atoms with Crippen LogP contribution in [0, 0.1) is 20.8 Å². The van der Waals surface area contributed by atoms with E-state index in [1.165, 1.54) is 43.7 Å². The molecule has 1 aliphatic heterocycles. The largest absolute Gasteiger partial charge is 0.379 e. The number of thiophene rings is 2. The predicted molar refractivity (Wildman–Crippen MR) is 501 cm³/mol. The number of anilines is 3. The Morgan fingerprint density at radius 3 is 1.68 bits per heavy atom. The minimum atomic E-state index is -0.561. The number of nitrogens with one attached hydrogen (secondary N) is 5. The number of ketones is 6. The van der Waals surface area contributed by atoms with E-state index in [0.717, 1.165) is 65.6 Å². The third-order valence-electron chi connectivity index (χ3n) is 22.0. The molecule has 9 aromatic heterocycles. The summed E-state index contributed by atoms with van der Waals surface area (Å²) in [6.07, 6.45) is 15.0. The number of rotatable bonds is 58. The zero-order valence-electron chi connectivity index (χ0n) is 76.3. The standard InChI is InChI=1S/C93H116Cl2N18O17S2/c1-59-60(2)132-93-83(59)84(64-22-24-65(94)25-23-64)101-73(86-105-104-61(3)113(86)93)52-71(116)20-15-32-125-34-36-127-38-40-129-42-43-130-41-39-128-37-35-126-33-26-82(120)96-29-16-31-106(4)30-12-11-17-69(114)18-13-21-78(117)74-47-63(54-107(74)5)48-80(119)87-98-68(57-111(87)9)51-79(118)75-46-62(53-108(75)6)45-70(115)19-14-28-97-92(124)88-102-81(58-112(88)10)103-90(122)77-49-66(55-110(77)8)99-89(121)76-50-67(56-109(76)7)100-91(123)85-72(95)27-44-131-85/h22-25,27,44,46-47,49-50,53-58,73H,11-21,26,28-43,45,48,51-52H2,1-10H3,(H,96,120)(H,97,124)(H,99,121)(H,100,123)(H,103,122)/t73-/m0/s1. The molecule has 5 N–H and O–H groups in total. The van der Waals surface area contributed by atoms with Gasteiger partial charge in [0.05, 0.1) is 118 Å². The Labute approximate surface area is 784 Å². The number of aryl methyl sites for hydroxylation is 8. The van der Waals surface area contributed by atoms with Crippen LogP contribution < -0.4 is 26.6 Å². The van der Waals surface area contributed by atoms with E-state index in [4.69, 9.17) is 56.6 Å². The lowest BCUT2D eigenvalue weighted by molar-refractivity contribution is -0.122. The molecule has 0 saturated carbocycles. The minimum Gasteiger partial charge on any atom is -0.379 e. The molecule has 0 unspecified atom stereocenters. The highest BCUT2D eigenvalue weighted by Crippen LogP contribution is 2.40. The van der Waals surface area contributed by atoms with Crippen LogP contribution in [0.2, 0.25) is 10.0 Å². The van der Waals surface area contributed by atoms with Gasteiger partial charge in [-0.15, -0.1) is 32.9 Å². The molecule has 0 aliphatic carbocycles. The van der Waals surface area contributed by atoms with Crippen LogP contribution in [0.3, 0.4) is 0 Å². The Balaban J connectivity index is 0.458. The zero-order chi connectivity index (χ0) is 94.5. The first-order valence-electron chi connectivity index (χ1n) is 44.0. The number of hydrogen-bond acceptors (Lipinski definition) is 25. The van der Waals surface area contributed by atoms with Crippen molar-refractivity contribution >= 4 is 133 Å². The van der Waals surface area contributed by atoms with E-state index in [9.17, 15) is 52.7 Å². The molecule has 1 atom stereocenters. The summed E-state index contributed by atoms with van der Waals surface area (Å²) in [6, 6.07) is 15.1. The van der Waals surface area contributed by atoms with E-state index < -0.39 is 29.7 Å². The molecule has 10 heterocycles. The van der Waals surface area contributed by atoms with Crippen LogP contribution in [-0.4, -0.2) is 239 Å². The van der Waals surface area contributed by atoms with Crippen molar-refractivity contribution in [1.82, 2.24) is 67.7 Å². The highest BCUT2D eigenvalue weighted by Gasteiger charge is 2.34. The van der Waals surface area contributed by atoms with Gasteiger partial charge in [-0.25, -0.2) is 9.97 Å². The molecule has 0 fully saturated rings. The summed E-state index contributed by atoms with van der Waals surface area (Å²) in [6.45, 7) is 13.1. The molecular weight excluding hydrogens is 1780 g/mol. The summed E-state index contributed by atoms with van der Waals surface area (Å²) in [5.41, 5.74) is 7.44. The monoisotopic (exact) mass is 1890 g/mol. The van der Waals surface area contributed by atoms with Crippen molar-refractivity contribution in [2.45, 2.75) is 130 Å².